The molecule has 0 bridgehead atoms. The van der Waals surface area contributed by atoms with E-state index in [1.54, 1.807) is 54.7 Å². The number of benzene rings is 1. The van der Waals surface area contributed by atoms with Gasteiger partial charge >= 0.3 is 25.6 Å². The van der Waals surface area contributed by atoms with E-state index in [-0.39, 0.29) is 44.4 Å². The molecule has 1 aromatic carbocycles. The van der Waals surface area contributed by atoms with Crippen LogP contribution in [-0.2, 0) is 46.9 Å². The number of ether oxygens (including phenoxy) is 4. The summed E-state index contributed by atoms with van der Waals surface area (Å²) in [6.07, 6.45) is 1.11. The van der Waals surface area contributed by atoms with Crippen LogP contribution in [-0.4, -0.2) is 134 Å². The van der Waals surface area contributed by atoms with E-state index in [2.05, 4.69) is 10.3 Å². The molecule has 19 heteroatoms. The van der Waals surface area contributed by atoms with Gasteiger partial charge in [-0.25, -0.2) is 14.8 Å². The second-order valence-electron chi connectivity index (χ2n) is 16.7. The summed E-state index contributed by atoms with van der Waals surface area (Å²) in [5.41, 5.74) is -1.13. The summed E-state index contributed by atoms with van der Waals surface area (Å²) in [4.78, 5) is 80.6. The van der Waals surface area contributed by atoms with Gasteiger partial charge in [-0.05, 0) is 60.8 Å². The van der Waals surface area contributed by atoms with Crippen LogP contribution in [0.1, 0.15) is 84.6 Å². The Morgan fingerprint density at radius 1 is 0.850 bits per heavy atom. The minimum atomic E-state index is -4.29. The molecular formula is C41H61N6O12P. The molecule has 2 saturated heterocycles. The largest absolute Gasteiger partial charge is 0.449 e. The SMILES string of the molecule is CCCCOC(=O)N1CCN(C(=O)[C@H](CCP(=O)(OCOC(=O)C(C)(C)C)OCOC(=O)C(C)(C)C)NC(=O)c2cc(N3CC[C@H](OC)C3)nc(-c3ccccc3)n2)CC1. The minimum absolute atomic E-state index is 0.0176. The number of unbranched alkanes of at least 4 members (excludes halogenated alkanes) is 1. The number of esters is 2. The van der Waals surface area contributed by atoms with E-state index in [4.69, 9.17) is 33.0 Å². The molecule has 4 rings (SSSR count). The van der Waals surface area contributed by atoms with Crippen molar-refractivity contribution in [2.24, 2.45) is 10.8 Å². The number of nitrogens with one attached hydrogen (secondary N) is 1. The molecule has 2 aliphatic rings. The van der Waals surface area contributed by atoms with Crippen LogP contribution in [0, 0.1) is 10.8 Å². The summed E-state index contributed by atoms with van der Waals surface area (Å²) in [7, 11) is -2.65. The van der Waals surface area contributed by atoms with Crippen LogP contribution in [0.4, 0.5) is 10.6 Å². The molecule has 3 heterocycles. The number of anilines is 1. The molecule has 0 spiro atoms. The summed E-state index contributed by atoms with van der Waals surface area (Å²) < 4.78 is 46.6. The number of nitrogens with zero attached hydrogens (tertiary/aromatic N) is 5. The van der Waals surface area contributed by atoms with Crippen LogP contribution in [0.5, 0.6) is 0 Å². The molecule has 3 amide bonds. The van der Waals surface area contributed by atoms with Gasteiger partial charge in [-0.3, -0.25) is 32.8 Å². The standard InChI is InChI=1S/C41H61N6O12P/c1-9-10-23-55-39(52)46-21-19-45(20-22-46)36(49)31(17-24-60(53,58-27-56-37(50)40(2,3)4)59-28-57-38(51)41(5,6)7)43-35(48)32-25-33(47-18-16-30(26-47)54-8)44-34(42-32)29-14-12-11-13-15-29/h11-15,25,30-31H,9-10,16-24,26-28H2,1-8H3,(H,43,48)/t30-,31-/m0/s1. The first-order chi connectivity index (χ1) is 28.3. The van der Waals surface area contributed by atoms with E-state index in [1.807, 2.05) is 42.2 Å². The van der Waals surface area contributed by atoms with Crippen LogP contribution in [0.2, 0.25) is 0 Å². The van der Waals surface area contributed by atoms with Crippen LogP contribution in [0.3, 0.4) is 0 Å². The summed E-state index contributed by atoms with van der Waals surface area (Å²) in [5.74, 6) is -1.69. The number of carbonyl (C=O) groups excluding carboxylic acids is 5. The van der Waals surface area contributed by atoms with Crippen LogP contribution in [0.15, 0.2) is 36.4 Å². The highest BCUT2D eigenvalue weighted by atomic mass is 31.2. The third-order valence-corrected chi connectivity index (χ3v) is 11.6. The van der Waals surface area contributed by atoms with E-state index >= 15 is 0 Å². The zero-order valence-corrected chi connectivity index (χ0v) is 37.0. The second-order valence-corrected chi connectivity index (χ2v) is 18.9. The van der Waals surface area contributed by atoms with Gasteiger partial charge in [-0.2, -0.15) is 0 Å². The van der Waals surface area contributed by atoms with Crippen molar-refractivity contribution in [2.75, 3.05) is 77.6 Å². The van der Waals surface area contributed by atoms with E-state index < -0.39 is 74.1 Å². The molecular weight excluding hydrogens is 799 g/mol. The molecule has 2 aromatic rings. The van der Waals surface area contributed by atoms with Crippen molar-refractivity contribution in [3.63, 3.8) is 0 Å². The topological polar surface area (TPSA) is 205 Å². The number of aromatic nitrogens is 2. The summed E-state index contributed by atoms with van der Waals surface area (Å²) in [5, 5.41) is 2.80. The van der Waals surface area contributed by atoms with Crippen molar-refractivity contribution >= 4 is 43.3 Å². The molecule has 0 radical (unpaired) electrons. The van der Waals surface area contributed by atoms with E-state index in [0.29, 0.717) is 36.9 Å². The molecule has 2 atom stereocenters. The van der Waals surface area contributed by atoms with E-state index in [1.165, 1.54) is 9.80 Å². The first-order valence-electron chi connectivity index (χ1n) is 20.3. The van der Waals surface area contributed by atoms with Crippen molar-refractivity contribution in [3.8, 4) is 11.4 Å². The fourth-order valence-electron chi connectivity index (χ4n) is 5.98. The maximum atomic E-state index is 14.3. The van der Waals surface area contributed by atoms with E-state index in [9.17, 15) is 28.5 Å². The Morgan fingerprint density at radius 2 is 1.45 bits per heavy atom. The first kappa shape index (κ1) is 48.0. The fourth-order valence-corrected chi connectivity index (χ4v) is 7.31. The maximum Gasteiger partial charge on any atom is 0.409 e. The number of hydrogen-bond acceptors (Lipinski definition) is 15. The van der Waals surface area contributed by atoms with Crippen molar-refractivity contribution in [1.29, 1.82) is 0 Å². The van der Waals surface area contributed by atoms with Crippen molar-refractivity contribution in [1.82, 2.24) is 25.1 Å². The lowest BCUT2D eigenvalue weighted by Crippen LogP contribution is -2.56. The van der Waals surface area contributed by atoms with E-state index in [0.717, 1.165) is 19.3 Å². The third kappa shape index (κ3) is 14.2. The molecule has 1 N–H and O–H groups in total. The Balaban J connectivity index is 1.62. The molecule has 0 aliphatic carbocycles. The van der Waals surface area contributed by atoms with Crippen LogP contribution in [0.25, 0.3) is 11.4 Å². The Hall–Kier alpha value is -4.64. The zero-order valence-electron chi connectivity index (χ0n) is 36.1. The molecule has 60 heavy (non-hydrogen) atoms. The van der Waals surface area contributed by atoms with Gasteiger partial charge in [0.05, 0.1) is 29.7 Å². The Kier molecular flexibility index (Phi) is 17.4. The average molecular weight is 861 g/mol. The quantitative estimate of drug-likeness (QED) is 0.0668. The van der Waals surface area contributed by atoms with Gasteiger partial charge in [0, 0.05) is 58.0 Å². The summed E-state index contributed by atoms with van der Waals surface area (Å²) >= 11 is 0. The van der Waals surface area contributed by atoms with Crippen molar-refractivity contribution in [2.45, 2.75) is 86.3 Å². The normalized spacial score (nSPS) is 16.6. The van der Waals surface area contributed by atoms with Gasteiger partial charge in [0.25, 0.3) is 5.91 Å². The van der Waals surface area contributed by atoms with Gasteiger partial charge in [0.1, 0.15) is 17.6 Å². The predicted molar refractivity (Wildman–Crippen MR) is 221 cm³/mol. The Morgan fingerprint density at radius 3 is 2.00 bits per heavy atom. The zero-order chi connectivity index (χ0) is 44.1. The van der Waals surface area contributed by atoms with Crippen molar-refractivity contribution in [3.05, 3.63) is 42.1 Å². The number of methoxy groups -OCH3 is 1. The van der Waals surface area contributed by atoms with Gasteiger partial charge in [0.15, 0.2) is 5.82 Å². The molecule has 1 aromatic heterocycles. The Bertz CT molecular complexity index is 1790. The first-order valence-corrected chi connectivity index (χ1v) is 22.0. The van der Waals surface area contributed by atoms with Crippen LogP contribution < -0.4 is 10.2 Å². The highest BCUT2D eigenvalue weighted by molar-refractivity contribution is 7.53. The number of piperazine rings is 1. The predicted octanol–water partition coefficient (Wildman–Crippen LogP) is 5.26. The van der Waals surface area contributed by atoms with Crippen LogP contribution >= 0.6 is 7.60 Å². The third-order valence-electron chi connectivity index (χ3n) is 9.75. The number of hydrogen-bond donors (Lipinski definition) is 1. The molecule has 0 unspecified atom stereocenters. The molecule has 2 fully saturated rings. The smallest absolute Gasteiger partial charge is 0.409 e. The maximum absolute atomic E-state index is 14.3. The lowest BCUT2D eigenvalue weighted by atomic mass is 9.98. The monoisotopic (exact) mass is 860 g/mol. The van der Waals surface area contributed by atoms with Gasteiger partial charge in [-0.15, -0.1) is 0 Å². The highest BCUT2D eigenvalue weighted by Crippen LogP contribution is 2.49. The number of rotatable bonds is 18. The lowest BCUT2D eigenvalue weighted by molar-refractivity contribution is -0.162. The highest BCUT2D eigenvalue weighted by Gasteiger charge is 2.36. The van der Waals surface area contributed by atoms with Gasteiger partial charge in [0.2, 0.25) is 19.5 Å². The van der Waals surface area contributed by atoms with Gasteiger partial charge in [-0.1, -0.05) is 43.7 Å². The number of amides is 3. The molecule has 332 valence electrons. The fraction of sp³-hybridized carbons (Fsp3) is 0.634. The summed E-state index contributed by atoms with van der Waals surface area (Å²) in [6.45, 7) is 12.4. The molecule has 2 aliphatic heterocycles. The lowest BCUT2D eigenvalue weighted by Gasteiger charge is -2.36. The molecule has 18 nitrogen and oxygen atoms in total. The molecule has 0 saturated carbocycles. The van der Waals surface area contributed by atoms with Crippen molar-refractivity contribution < 1.29 is 56.5 Å². The average Bonchev–Trinajstić information content (AvgIpc) is 3.71. The second kappa shape index (κ2) is 21.7. The summed E-state index contributed by atoms with van der Waals surface area (Å²) in [6, 6.07) is 9.40. The van der Waals surface area contributed by atoms with Gasteiger partial charge < -0.3 is 39.0 Å². The Labute approximate surface area is 352 Å². The minimum Gasteiger partial charge on any atom is -0.449 e. The number of carbonyl (C=O) groups is 5.